The van der Waals surface area contributed by atoms with E-state index in [2.05, 4.69) is 16.7 Å². The van der Waals surface area contributed by atoms with Crippen molar-refractivity contribution in [3.63, 3.8) is 0 Å². The van der Waals surface area contributed by atoms with Crippen molar-refractivity contribution in [2.45, 2.75) is 78.4 Å². The maximum atomic E-state index is 12.4. The molecule has 2 amide bonds. The Labute approximate surface area is 183 Å². The molecule has 170 valence electrons. The van der Waals surface area contributed by atoms with Gasteiger partial charge in [0.05, 0.1) is 12.0 Å². The number of nitrogens with zero attached hydrogens (tertiary/aromatic N) is 2. The van der Waals surface area contributed by atoms with Gasteiger partial charge in [-0.05, 0) is 53.0 Å². The van der Waals surface area contributed by atoms with E-state index < -0.39 is 30.2 Å². The van der Waals surface area contributed by atoms with Crippen molar-refractivity contribution in [2.75, 3.05) is 18.5 Å². The third kappa shape index (κ3) is 6.74. The lowest BCUT2D eigenvalue weighted by atomic mass is 10.2. The number of carbonyl (C=O) groups is 3. The maximum Gasteiger partial charge on any atom is 0.407 e. The zero-order chi connectivity index (χ0) is 23.2. The van der Waals surface area contributed by atoms with E-state index in [0.29, 0.717) is 11.4 Å². The first-order chi connectivity index (χ1) is 14.5. The van der Waals surface area contributed by atoms with Gasteiger partial charge in [-0.3, -0.25) is 9.59 Å². The van der Waals surface area contributed by atoms with Crippen molar-refractivity contribution in [1.82, 2.24) is 9.88 Å². The molecule has 0 bridgehead atoms. The minimum absolute atomic E-state index is 0.0386. The number of ether oxygens (including phenoxy) is 2. The Bertz CT molecular complexity index is 870. The summed E-state index contributed by atoms with van der Waals surface area (Å²) in [7, 11) is 0. The van der Waals surface area contributed by atoms with Crippen LogP contribution in [-0.2, 0) is 19.1 Å². The first kappa shape index (κ1) is 24.3. The van der Waals surface area contributed by atoms with Crippen LogP contribution in [0.2, 0.25) is 0 Å². The van der Waals surface area contributed by atoms with E-state index in [0.717, 1.165) is 36.9 Å². The third-order valence-corrected chi connectivity index (χ3v) is 5.18. The van der Waals surface area contributed by atoms with Crippen molar-refractivity contribution in [1.29, 1.82) is 5.26 Å². The van der Waals surface area contributed by atoms with Gasteiger partial charge in [-0.2, -0.15) is 5.26 Å². The molecular weight excluding hydrogens is 400 g/mol. The molecule has 0 radical (unpaired) electrons. The SMILES string of the molecule is Cc1c(C#N)c(NC(=O)COC(=O)CCNC(=O)OC(C)(C)C)n(C2CCCC2)c1C. The second-order valence-electron chi connectivity index (χ2n) is 8.74. The number of nitrogens with one attached hydrogen (secondary N) is 2. The molecule has 1 aromatic rings. The molecule has 1 fully saturated rings. The summed E-state index contributed by atoms with van der Waals surface area (Å²) in [6.45, 7) is 8.60. The Kier molecular flexibility index (Phi) is 8.08. The topological polar surface area (TPSA) is 122 Å². The fourth-order valence-electron chi connectivity index (χ4n) is 3.67. The normalized spacial score (nSPS) is 14.1. The van der Waals surface area contributed by atoms with Gasteiger partial charge in [0.15, 0.2) is 6.61 Å². The fraction of sp³-hybridized carbons (Fsp3) is 0.636. The number of anilines is 1. The monoisotopic (exact) mass is 432 g/mol. The van der Waals surface area contributed by atoms with Crippen molar-refractivity contribution in [3.8, 4) is 6.07 Å². The molecule has 9 nitrogen and oxygen atoms in total. The number of hydrogen-bond acceptors (Lipinski definition) is 6. The Morgan fingerprint density at radius 1 is 1.19 bits per heavy atom. The molecule has 0 aliphatic heterocycles. The predicted octanol–water partition coefficient (Wildman–Crippen LogP) is 3.49. The van der Waals surface area contributed by atoms with Gasteiger partial charge in [0.2, 0.25) is 0 Å². The molecule has 0 unspecified atom stereocenters. The molecule has 0 saturated heterocycles. The summed E-state index contributed by atoms with van der Waals surface area (Å²) >= 11 is 0. The third-order valence-electron chi connectivity index (χ3n) is 5.18. The largest absolute Gasteiger partial charge is 0.456 e. The quantitative estimate of drug-likeness (QED) is 0.636. The molecule has 0 spiro atoms. The first-order valence-electron chi connectivity index (χ1n) is 10.6. The summed E-state index contributed by atoms with van der Waals surface area (Å²) in [4.78, 5) is 35.8. The molecule has 1 heterocycles. The fourth-order valence-corrected chi connectivity index (χ4v) is 3.67. The van der Waals surface area contributed by atoms with Crippen LogP contribution in [0.1, 0.15) is 75.7 Å². The van der Waals surface area contributed by atoms with Crippen LogP contribution in [-0.4, -0.2) is 41.3 Å². The smallest absolute Gasteiger partial charge is 0.407 e. The van der Waals surface area contributed by atoms with Crippen LogP contribution in [0.5, 0.6) is 0 Å². The average molecular weight is 433 g/mol. The Hall–Kier alpha value is -3.02. The number of carbonyl (C=O) groups excluding carboxylic acids is 3. The van der Waals surface area contributed by atoms with Crippen molar-refractivity contribution in [2.24, 2.45) is 0 Å². The van der Waals surface area contributed by atoms with Crippen LogP contribution in [0.4, 0.5) is 10.6 Å². The summed E-state index contributed by atoms with van der Waals surface area (Å²) in [5.74, 6) is -0.663. The zero-order valence-electron chi connectivity index (χ0n) is 19.0. The van der Waals surface area contributed by atoms with E-state index in [9.17, 15) is 19.6 Å². The van der Waals surface area contributed by atoms with Crippen molar-refractivity contribution < 1.29 is 23.9 Å². The molecule has 1 saturated carbocycles. The van der Waals surface area contributed by atoms with Gasteiger partial charge in [-0.1, -0.05) is 12.8 Å². The summed E-state index contributed by atoms with van der Waals surface area (Å²) in [5.41, 5.74) is 1.61. The van der Waals surface area contributed by atoms with E-state index >= 15 is 0 Å². The number of amides is 2. The molecule has 0 atom stereocenters. The van der Waals surface area contributed by atoms with Gasteiger partial charge in [-0.25, -0.2) is 4.79 Å². The van der Waals surface area contributed by atoms with Gasteiger partial charge in [0.1, 0.15) is 17.5 Å². The van der Waals surface area contributed by atoms with E-state index in [1.54, 1.807) is 20.8 Å². The zero-order valence-corrected chi connectivity index (χ0v) is 19.0. The minimum Gasteiger partial charge on any atom is -0.456 e. The minimum atomic E-state index is -0.627. The highest BCUT2D eigenvalue weighted by atomic mass is 16.6. The summed E-state index contributed by atoms with van der Waals surface area (Å²) in [6, 6.07) is 2.43. The Morgan fingerprint density at radius 3 is 2.42 bits per heavy atom. The van der Waals surface area contributed by atoms with Gasteiger partial charge < -0.3 is 24.7 Å². The summed E-state index contributed by atoms with van der Waals surface area (Å²) in [6.07, 6.45) is 3.52. The highest BCUT2D eigenvalue weighted by molar-refractivity contribution is 5.93. The first-order valence-corrected chi connectivity index (χ1v) is 10.6. The molecule has 31 heavy (non-hydrogen) atoms. The lowest BCUT2D eigenvalue weighted by Gasteiger charge is -2.19. The van der Waals surface area contributed by atoms with E-state index in [1.807, 2.05) is 18.4 Å². The highest BCUT2D eigenvalue weighted by Crippen LogP contribution is 2.37. The van der Waals surface area contributed by atoms with Crippen LogP contribution in [0.15, 0.2) is 0 Å². The maximum absolute atomic E-state index is 12.4. The van der Waals surface area contributed by atoms with Gasteiger partial charge in [0.25, 0.3) is 5.91 Å². The van der Waals surface area contributed by atoms with Gasteiger partial charge >= 0.3 is 12.1 Å². The number of alkyl carbamates (subject to hydrolysis) is 1. The number of rotatable bonds is 7. The van der Waals surface area contributed by atoms with Crippen LogP contribution in [0.25, 0.3) is 0 Å². The Morgan fingerprint density at radius 2 is 1.84 bits per heavy atom. The lowest BCUT2D eigenvalue weighted by Crippen LogP contribution is -2.34. The molecule has 0 aromatic carbocycles. The van der Waals surface area contributed by atoms with Crippen molar-refractivity contribution >= 4 is 23.8 Å². The average Bonchev–Trinajstić information content (AvgIpc) is 3.26. The number of nitriles is 1. The predicted molar refractivity (Wildman–Crippen MR) is 115 cm³/mol. The van der Waals surface area contributed by atoms with Crippen LogP contribution < -0.4 is 10.6 Å². The number of esters is 1. The van der Waals surface area contributed by atoms with Crippen LogP contribution in [0, 0.1) is 25.2 Å². The lowest BCUT2D eigenvalue weighted by molar-refractivity contribution is -0.147. The van der Waals surface area contributed by atoms with Crippen LogP contribution in [0.3, 0.4) is 0 Å². The molecule has 1 aromatic heterocycles. The molecule has 1 aliphatic carbocycles. The molecule has 1 aliphatic rings. The van der Waals surface area contributed by atoms with Gasteiger partial charge in [-0.15, -0.1) is 0 Å². The molecular formula is C22H32N4O5. The summed E-state index contributed by atoms with van der Waals surface area (Å²) in [5, 5.41) is 14.8. The number of aromatic nitrogens is 1. The highest BCUT2D eigenvalue weighted by Gasteiger charge is 2.27. The second kappa shape index (κ2) is 10.3. The molecule has 9 heteroatoms. The molecule has 2 rings (SSSR count). The van der Waals surface area contributed by atoms with E-state index in [-0.39, 0.29) is 19.0 Å². The van der Waals surface area contributed by atoms with E-state index in [4.69, 9.17) is 9.47 Å². The van der Waals surface area contributed by atoms with Crippen LogP contribution >= 0.6 is 0 Å². The van der Waals surface area contributed by atoms with Gasteiger partial charge in [0, 0.05) is 18.3 Å². The summed E-state index contributed by atoms with van der Waals surface area (Å²) < 4.78 is 12.1. The molecule has 2 N–H and O–H groups in total. The number of hydrogen-bond donors (Lipinski definition) is 2. The van der Waals surface area contributed by atoms with Crippen molar-refractivity contribution in [3.05, 3.63) is 16.8 Å². The second-order valence-corrected chi connectivity index (χ2v) is 8.74. The Balaban J connectivity index is 1.89. The standard InChI is InChI=1S/C22H32N4O5/c1-14-15(2)26(16-8-6-7-9-16)20(17(14)12-23)25-18(27)13-30-19(28)10-11-24-21(29)31-22(3,4)5/h16H,6-11,13H2,1-5H3,(H,24,29)(H,25,27). The van der Waals surface area contributed by atoms with E-state index in [1.165, 1.54) is 0 Å².